The molecule has 0 spiro atoms. The van der Waals surface area contributed by atoms with Crippen LogP contribution in [0.3, 0.4) is 0 Å². The number of alkyl halides is 4. The molecule has 0 aliphatic rings. The van der Waals surface area contributed by atoms with Gasteiger partial charge in [-0.3, -0.25) is 4.18 Å². The van der Waals surface area contributed by atoms with Crippen molar-refractivity contribution in [3.63, 3.8) is 0 Å². The molecular formula is C3H4BrF3O3S. The van der Waals surface area contributed by atoms with Gasteiger partial charge in [0.25, 0.3) is 10.1 Å². The normalized spacial score (nSPS) is 13.5. The lowest BCUT2D eigenvalue weighted by molar-refractivity contribution is -0.152. The predicted molar refractivity (Wildman–Crippen MR) is 34.7 cm³/mol. The van der Waals surface area contributed by atoms with Crippen LogP contribution in [0.5, 0.6) is 0 Å². The van der Waals surface area contributed by atoms with Gasteiger partial charge in [0, 0.05) is 0 Å². The summed E-state index contributed by atoms with van der Waals surface area (Å²) in [7, 11) is -4.06. The maximum atomic E-state index is 11.3. The minimum Gasteiger partial charge on any atom is -0.260 e. The Morgan fingerprint density at radius 1 is 1.36 bits per heavy atom. The van der Waals surface area contributed by atoms with Crippen molar-refractivity contribution < 1.29 is 25.8 Å². The zero-order chi connectivity index (χ0) is 9.12. The van der Waals surface area contributed by atoms with Crippen molar-refractivity contribution in [2.75, 3.05) is 11.3 Å². The van der Waals surface area contributed by atoms with Crippen LogP contribution in [-0.2, 0) is 14.3 Å². The molecular weight excluding hydrogens is 253 g/mol. The lowest BCUT2D eigenvalue weighted by Crippen LogP contribution is -2.20. The van der Waals surface area contributed by atoms with Crippen LogP contribution in [0.2, 0.25) is 0 Å². The van der Waals surface area contributed by atoms with E-state index in [0.29, 0.717) is 0 Å². The fraction of sp³-hybridized carbons (Fsp3) is 1.00. The van der Waals surface area contributed by atoms with Crippen LogP contribution >= 0.6 is 15.9 Å². The van der Waals surface area contributed by atoms with Gasteiger partial charge in [-0.2, -0.15) is 21.6 Å². The van der Waals surface area contributed by atoms with E-state index in [0.717, 1.165) is 0 Å². The van der Waals surface area contributed by atoms with E-state index in [4.69, 9.17) is 0 Å². The Labute approximate surface area is 69.8 Å². The van der Waals surface area contributed by atoms with Crippen molar-refractivity contribution in [3.05, 3.63) is 0 Å². The van der Waals surface area contributed by atoms with Gasteiger partial charge in [-0.05, 0) is 0 Å². The molecule has 0 saturated carbocycles. The second kappa shape index (κ2) is 3.72. The van der Waals surface area contributed by atoms with E-state index in [-0.39, 0.29) is 0 Å². The molecule has 0 unspecified atom stereocenters. The Kier molecular flexibility index (Phi) is 3.78. The van der Waals surface area contributed by atoms with Crippen molar-refractivity contribution in [2.24, 2.45) is 0 Å². The fourth-order valence-corrected chi connectivity index (χ4v) is 0.961. The van der Waals surface area contributed by atoms with E-state index in [2.05, 4.69) is 20.1 Å². The molecule has 3 nitrogen and oxygen atoms in total. The fourth-order valence-electron chi connectivity index (χ4n) is 0.188. The molecule has 0 amide bonds. The highest BCUT2D eigenvalue weighted by Gasteiger charge is 2.30. The average molecular weight is 257 g/mol. The van der Waals surface area contributed by atoms with Crippen LogP contribution < -0.4 is 0 Å². The summed E-state index contributed by atoms with van der Waals surface area (Å²) < 4.78 is 57.4. The first-order chi connectivity index (χ1) is 4.77. The quantitative estimate of drug-likeness (QED) is 0.564. The van der Waals surface area contributed by atoms with Crippen LogP contribution in [-0.4, -0.2) is 25.9 Å². The standard InChI is InChI=1S/C3H4BrF3O3S/c4-2-11(8,9)10-1-3(5,6)7/h1-2H2. The highest BCUT2D eigenvalue weighted by molar-refractivity contribution is 9.10. The Morgan fingerprint density at radius 3 is 2.09 bits per heavy atom. The molecule has 0 aliphatic heterocycles. The van der Waals surface area contributed by atoms with Gasteiger partial charge in [-0.25, -0.2) is 0 Å². The molecule has 0 fully saturated rings. The van der Waals surface area contributed by atoms with Gasteiger partial charge in [0.15, 0.2) is 6.61 Å². The van der Waals surface area contributed by atoms with E-state index >= 15 is 0 Å². The van der Waals surface area contributed by atoms with Gasteiger partial charge in [0.2, 0.25) is 0 Å². The summed E-state index contributed by atoms with van der Waals surface area (Å²) in [5.41, 5.74) is 0. The third-order valence-electron chi connectivity index (χ3n) is 0.536. The Hall–Kier alpha value is 0.180. The largest absolute Gasteiger partial charge is 0.413 e. The van der Waals surface area contributed by atoms with Gasteiger partial charge in [0.1, 0.15) is 4.66 Å². The Morgan fingerprint density at radius 2 is 1.82 bits per heavy atom. The van der Waals surface area contributed by atoms with Crippen LogP contribution in [0.1, 0.15) is 0 Å². The molecule has 0 heterocycles. The number of hydrogen-bond donors (Lipinski definition) is 0. The number of rotatable bonds is 3. The third-order valence-corrected chi connectivity index (χ3v) is 2.96. The molecule has 0 aliphatic carbocycles. The smallest absolute Gasteiger partial charge is 0.260 e. The Bertz CT molecular complexity index is 208. The molecule has 0 radical (unpaired) electrons. The number of halogens is 4. The molecule has 11 heavy (non-hydrogen) atoms. The molecule has 8 heteroatoms. The van der Waals surface area contributed by atoms with Crippen LogP contribution in [0.4, 0.5) is 13.2 Å². The molecule has 0 aromatic rings. The summed E-state index contributed by atoms with van der Waals surface area (Å²) in [4.78, 5) is 0. The van der Waals surface area contributed by atoms with Gasteiger partial charge in [-0.15, -0.1) is 0 Å². The minimum absolute atomic E-state index is 0.643. The van der Waals surface area contributed by atoms with E-state index in [1.807, 2.05) is 0 Å². The number of hydrogen-bond acceptors (Lipinski definition) is 3. The first-order valence-electron chi connectivity index (χ1n) is 2.27. The highest BCUT2D eigenvalue weighted by atomic mass is 79.9. The van der Waals surface area contributed by atoms with Crippen LogP contribution in [0, 0.1) is 0 Å². The van der Waals surface area contributed by atoms with Crippen molar-refractivity contribution in [1.29, 1.82) is 0 Å². The Balaban J connectivity index is 3.91. The zero-order valence-electron chi connectivity index (χ0n) is 5.06. The summed E-state index contributed by atoms with van der Waals surface area (Å²) in [5, 5.41) is 0. The molecule has 0 aromatic heterocycles. The highest BCUT2D eigenvalue weighted by Crippen LogP contribution is 2.16. The zero-order valence-corrected chi connectivity index (χ0v) is 7.46. The summed E-state index contributed by atoms with van der Waals surface area (Å²) in [6, 6.07) is 0. The van der Waals surface area contributed by atoms with E-state index in [1.165, 1.54) is 0 Å². The lowest BCUT2D eigenvalue weighted by atomic mass is 10.7. The molecule has 0 rings (SSSR count). The predicted octanol–water partition coefficient (Wildman–Crippen LogP) is 1.25. The van der Waals surface area contributed by atoms with Crippen molar-refractivity contribution >= 4 is 26.0 Å². The van der Waals surface area contributed by atoms with Crippen molar-refractivity contribution in [2.45, 2.75) is 6.18 Å². The van der Waals surface area contributed by atoms with Crippen molar-refractivity contribution in [1.82, 2.24) is 0 Å². The monoisotopic (exact) mass is 256 g/mol. The van der Waals surface area contributed by atoms with E-state index in [9.17, 15) is 21.6 Å². The average Bonchev–Trinajstić information content (AvgIpc) is 1.83. The molecule has 0 saturated heterocycles. The van der Waals surface area contributed by atoms with Gasteiger partial charge >= 0.3 is 6.18 Å². The summed E-state index contributed by atoms with van der Waals surface area (Å²) in [6.45, 7) is -1.78. The second-order valence-corrected chi connectivity index (χ2v) is 4.49. The summed E-state index contributed by atoms with van der Waals surface area (Å²) in [6.07, 6.45) is -4.62. The minimum atomic E-state index is -4.62. The first-order valence-corrected chi connectivity index (χ1v) is 4.96. The van der Waals surface area contributed by atoms with E-state index < -0.39 is 27.6 Å². The van der Waals surface area contributed by atoms with Crippen molar-refractivity contribution in [3.8, 4) is 0 Å². The third kappa shape index (κ3) is 6.57. The molecule has 0 atom stereocenters. The molecule has 0 bridgehead atoms. The van der Waals surface area contributed by atoms with E-state index in [1.54, 1.807) is 0 Å². The summed E-state index contributed by atoms with van der Waals surface area (Å²) >= 11 is 2.46. The second-order valence-electron chi connectivity index (χ2n) is 1.54. The van der Waals surface area contributed by atoms with Gasteiger partial charge < -0.3 is 0 Å². The van der Waals surface area contributed by atoms with Crippen LogP contribution in [0.15, 0.2) is 0 Å². The maximum Gasteiger partial charge on any atom is 0.413 e. The first kappa shape index (κ1) is 11.2. The maximum absolute atomic E-state index is 11.3. The van der Waals surface area contributed by atoms with Crippen LogP contribution in [0.25, 0.3) is 0 Å². The molecule has 0 N–H and O–H groups in total. The topological polar surface area (TPSA) is 43.4 Å². The lowest BCUT2D eigenvalue weighted by Gasteiger charge is -2.05. The molecule has 68 valence electrons. The van der Waals surface area contributed by atoms with Gasteiger partial charge in [-0.1, -0.05) is 15.9 Å². The summed E-state index contributed by atoms with van der Waals surface area (Å²) in [5.74, 6) is 0. The van der Waals surface area contributed by atoms with Gasteiger partial charge in [0.05, 0.1) is 0 Å². The SMILES string of the molecule is O=S(=O)(CBr)OCC(F)(F)F. The molecule has 0 aromatic carbocycles.